The highest BCUT2D eigenvalue weighted by molar-refractivity contribution is 5.90. The van der Waals surface area contributed by atoms with Crippen molar-refractivity contribution in [1.29, 1.82) is 0 Å². The Morgan fingerprint density at radius 1 is 0.136 bits per heavy atom. The van der Waals surface area contributed by atoms with Crippen molar-refractivity contribution in [3.05, 3.63) is 194 Å². The predicted molar refractivity (Wildman–Crippen MR) is 549 cm³/mol. The fraction of sp³-hybridized carbons (Fsp3) is 0.633. The number of hydrogen-bond donors (Lipinski definition) is 8. The predicted octanol–water partition coefficient (Wildman–Crippen LogP) is 27.6. The summed E-state index contributed by atoms with van der Waals surface area (Å²) in [7, 11) is 13.0. The summed E-state index contributed by atoms with van der Waals surface area (Å²) in [6.45, 7) is 17.8. The van der Waals surface area contributed by atoms with E-state index in [1.807, 2.05) is 48.6 Å². The second-order valence-electron chi connectivity index (χ2n) is 30.6. The van der Waals surface area contributed by atoms with Gasteiger partial charge in [-0.05, 0) is 103 Å². The summed E-state index contributed by atoms with van der Waals surface area (Å²) in [6, 6.07) is 0. The third kappa shape index (κ3) is 147. The Morgan fingerprint density at radius 3 is 0.336 bits per heavy atom. The maximum Gasteiger partial charge on any atom is 0.243 e. The number of likely N-dealkylation sites (N-methyl/N-ethyl adjacent to an activating group) is 8. The van der Waals surface area contributed by atoms with Gasteiger partial charge in [0.1, 0.15) is 0 Å². The molecule has 0 aromatic rings. The van der Waals surface area contributed by atoms with Gasteiger partial charge in [-0.1, -0.05) is 439 Å². The molecule has 718 valence electrons. The van der Waals surface area contributed by atoms with E-state index in [1.54, 1.807) is 123 Å². The molecule has 16 nitrogen and oxygen atoms in total. The van der Waals surface area contributed by atoms with Crippen LogP contribution in [0.4, 0.5) is 0 Å². The third-order valence-electron chi connectivity index (χ3n) is 19.0. The van der Waals surface area contributed by atoms with Crippen LogP contribution in [0, 0.1) is 0 Å². The quantitative estimate of drug-likeness (QED) is 0.0165. The second-order valence-corrected chi connectivity index (χ2v) is 30.6. The number of nitrogens with one attached hydrogen (secondary N) is 8. The van der Waals surface area contributed by atoms with Crippen molar-refractivity contribution >= 4 is 47.3 Å². The van der Waals surface area contributed by atoms with Crippen LogP contribution in [0.2, 0.25) is 0 Å². The van der Waals surface area contributed by atoms with E-state index in [1.165, 1.54) is 319 Å². The summed E-state index contributed by atoms with van der Waals surface area (Å²) in [5, 5.41) is 20.3. The molecule has 8 N–H and O–H groups in total. The summed E-state index contributed by atoms with van der Waals surface area (Å²) >= 11 is 0. The van der Waals surface area contributed by atoms with Gasteiger partial charge in [0.15, 0.2) is 0 Å². The van der Waals surface area contributed by atoms with Crippen LogP contribution in [-0.4, -0.2) is 104 Å². The van der Waals surface area contributed by atoms with Crippen molar-refractivity contribution in [2.45, 2.75) is 396 Å². The van der Waals surface area contributed by atoms with Crippen LogP contribution in [0.5, 0.6) is 0 Å². The highest BCUT2D eigenvalue weighted by atomic mass is 16.2. The molecule has 0 unspecified atom stereocenters. The van der Waals surface area contributed by atoms with E-state index in [2.05, 4.69) is 147 Å². The van der Waals surface area contributed by atoms with Crippen LogP contribution in [0.3, 0.4) is 0 Å². The van der Waals surface area contributed by atoms with Crippen molar-refractivity contribution in [1.82, 2.24) is 42.5 Å². The van der Waals surface area contributed by atoms with Crippen molar-refractivity contribution < 1.29 is 38.4 Å². The molecule has 125 heavy (non-hydrogen) atoms. The molecule has 8 amide bonds. The minimum Gasteiger partial charge on any atom is -0.356 e. The normalized spacial score (nSPS) is 11.4. The molecule has 0 heterocycles. The Hall–Kier alpha value is -8.40. The zero-order valence-corrected chi connectivity index (χ0v) is 83.2. The number of carbonyl (C=O) groups excluding carboxylic acids is 8. The standard InChI is InChI=1S/C17H31NO.C16H29NO.C15H27NO.C14H25NO.C13H23NO.C12H21NO.2C11H19NO/c1-3-4-5-6-7-8-9-10-11-12-13-14-15-16-17(19)18-2;1-3-4-5-6-7-8-9-10-11-12-13-14-15-16(18)17-2;1-3-4-5-6-7-8-9-10-11-12-13-14-15(17)16-2;1-3-4-5-6-7-8-9-10-11-12-13-14(16)15-2;1-3-4-5-6-7-8-9-10-11-12-13(15)14-2;1-3-4-5-6-7-8-9-10-11-12(14)13-2;2*1-3-4-5-6-7-8-9-10-11(13)12-2/h13-16H,3-12H2,1-2H3,(H,18,19);12-15H,3-11H2,1-2H3,(H,17,18);11-14H,3-10H2,1-2H3,(H,16,17);10-13H,3-9H2,1-2H3,(H,15,16);9-12H,3-8H2,1-2H3,(H,14,15);8-11H,3-7H2,1-2H3,(H,13,14);2*7-10H,3-6H2,1-2H3,(H,12,13)/b14-13+,16-15+;13-12+,15-14+;12-11+,14-13+;11-10+,13-12+;10-9+,12-11+;9-8+,11-10+;2*8-7+,10-9+. The molecule has 0 aliphatic rings. The number of unbranched alkanes of at least 4 members (excludes halogenated alkanes) is 45. The average Bonchev–Trinajstić information content (AvgIpc) is 1.21. The van der Waals surface area contributed by atoms with Crippen LogP contribution in [0.25, 0.3) is 0 Å². The van der Waals surface area contributed by atoms with Gasteiger partial charge in [-0.3, -0.25) is 38.4 Å². The first kappa shape index (κ1) is 132. The van der Waals surface area contributed by atoms with E-state index in [0.29, 0.717) is 0 Å². The summed E-state index contributed by atoms with van der Waals surface area (Å²) in [4.78, 5) is 86.4. The monoisotopic (exact) mass is 1740 g/mol. The van der Waals surface area contributed by atoms with Crippen molar-refractivity contribution in [3.8, 4) is 0 Å². The third-order valence-corrected chi connectivity index (χ3v) is 19.0. The van der Waals surface area contributed by atoms with Gasteiger partial charge in [0.05, 0.1) is 0 Å². The van der Waals surface area contributed by atoms with E-state index in [-0.39, 0.29) is 47.3 Å². The number of carbonyl (C=O) groups is 8. The Balaban J connectivity index is -0.000000209. The number of hydrogen-bond acceptors (Lipinski definition) is 8. The highest BCUT2D eigenvalue weighted by Gasteiger charge is 1.97. The molecule has 0 spiro atoms. The molecule has 0 radical (unpaired) electrons. The minimum absolute atomic E-state index is 0.0484. The Labute approximate surface area is 770 Å². The van der Waals surface area contributed by atoms with Gasteiger partial charge >= 0.3 is 0 Å². The topological polar surface area (TPSA) is 233 Å². The van der Waals surface area contributed by atoms with E-state index in [4.69, 9.17) is 0 Å². The number of allylic oxidation sites excluding steroid dienone is 24. The smallest absolute Gasteiger partial charge is 0.243 e. The molecule has 0 fully saturated rings. The van der Waals surface area contributed by atoms with E-state index < -0.39 is 0 Å². The molecular formula is C109H194N8O8. The second kappa shape index (κ2) is 129. The molecule has 0 atom stereocenters. The van der Waals surface area contributed by atoms with Crippen molar-refractivity contribution in [2.75, 3.05) is 56.4 Å². The first-order chi connectivity index (χ1) is 61.0. The molecular weight excluding hydrogens is 1550 g/mol. The first-order valence-electron chi connectivity index (χ1n) is 49.4. The van der Waals surface area contributed by atoms with Crippen LogP contribution in [0.1, 0.15) is 396 Å². The van der Waals surface area contributed by atoms with Crippen LogP contribution >= 0.6 is 0 Å². The van der Waals surface area contributed by atoms with Gasteiger partial charge < -0.3 is 42.5 Å². The zero-order valence-electron chi connectivity index (χ0n) is 83.2. The molecule has 0 aliphatic carbocycles. The van der Waals surface area contributed by atoms with Crippen molar-refractivity contribution in [3.63, 3.8) is 0 Å². The maximum atomic E-state index is 10.9. The molecule has 0 rings (SSSR count). The molecule has 0 bridgehead atoms. The lowest BCUT2D eigenvalue weighted by Gasteiger charge is -2.00. The van der Waals surface area contributed by atoms with Crippen LogP contribution in [0.15, 0.2) is 194 Å². The Kier molecular flexibility index (Phi) is 136. The highest BCUT2D eigenvalue weighted by Crippen LogP contribution is 2.14. The van der Waals surface area contributed by atoms with Gasteiger partial charge in [0.2, 0.25) is 47.3 Å². The SMILES string of the molecule is CCCCC/C=C/C=C/C(=O)NC.CCCCC/C=C/C=C/C(=O)NC.CCCCCC/C=C/C=C/C(=O)NC.CCCCCCC/C=C/C=C/C(=O)NC.CCCCCCCC/C=C/C=C/C(=O)NC.CCCCCCCCC/C=C/C=C/C(=O)NC.CCCCCCCCCC/C=C/C=C/C(=O)NC.CCCCCCCCCCC/C=C/C=C/C(=O)NC. The summed E-state index contributed by atoms with van der Waals surface area (Å²) < 4.78 is 0. The summed E-state index contributed by atoms with van der Waals surface area (Å²) in [5.41, 5.74) is 0. The summed E-state index contributed by atoms with van der Waals surface area (Å²) in [5.74, 6) is -0.422. The fourth-order valence-corrected chi connectivity index (χ4v) is 11.0. The first-order valence-corrected chi connectivity index (χ1v) is 49.4. The molecule has 0 aromatic heterocycles. The van der Waals surface area contributed by atoms with Gasteiger partial charge in [0, 0.05) is 105 Å². The molecule has 0 saturated heterocycles. The lowest BCUT2D eigenvalue weighted by molar-refractivity contribution is -0.116. The largest absolute Gasteiger partial charge is 0.356 e. The van der Waals surface area contributed by atoms with Crippen molar-refractivity contribution in [2.24, 2.45) is 0 Å². The zero-order chi connectivity index (χ0) is 94.4. The average molecular weight is 1740 g/mol. The van der Waals surface area contributed by atoms with E-state index in [0.717, 1.165) is 51.4 Å². The Bertz CT molecular complexity index is 2810. The van der Waals surface area contributed by atoms with E-state index >= 15 is 0 Å². The van der Waals surface area contributed by atoms with Gasteiger partial charge in [-0.25, -0.2) is 0 Å². The fourth-order valence-electron chi connectivity index (χ4n) is 11.0. The minimum atomic E-state index is -0.0572. The number of rotatable bonds is 69. The molecule has 0 saturated carbocycles. The van der Waals surface area contributed by atoms with Crippen LogP contribution < -0.4 is 42.5 Å². The Morgan fingerprint density at radius 2 is 0.224 bits per heavy atom. The lowest BCUT2D eigenvalue weighted by atomic mass is 10.1. The maximum absolute atomic E-state index is 10.9. The van der Waals surface area contributed by atoms with Gasteiger partial charge in [0.25, 0.3) is 0 Å². The molecule has 16 heteroatoms. The van der Waals surface area contributed by atoms with Gasteiger partial charge in [-0.15, -0.1) is 0 Å². The number of amides is 8. The lowest BCUT2D eigenvalue weighted by Crippen LogP contribution is -2.13. The molecule has 0 aromatic carbocycles. The van der Waals surface area contributed by atoms with Crippen LogP contribution in [-0.2, 0) is 38.4 Å². The van der Waals surface area contributed by atoms with Gasteiger partial charge in [-0.2, -0.15) is 0 Å². The summed E-state index contributed by atoms with van der Waals surface area (Å²) in [6.07, 6.45) is 128. The van der Waals surface area contributed by atoms with E-state index in [9.17, 15) is 38.4 Å². The molecule has 0 aliphatic heterocycles.